The molecule has 3 heterocycles. The molecule has 0 bridgehead atoms. The van der Waals surface area contributed by atoms with Gasteiger partial charge >= 0.3 is 0 Å². The Balaban J connectivity index is 1.41. The summed E-state index contributed by atoms with van der Waals surface area (Å²) in [6.07, 6.45) is 9.11. The third kappa shape index (κ3) is 3.73. The lowest BCUT2D eigenvalue weighted by atomic mass is 9.97. The number of nitrogens with zero attached hydrogens (tertiary/aromatic N) is 5. The van der Waals surface area contributed by atoms with Gasteiger partial charge in [0.1, 0.15) is 11.6 Å². The average Bonchev–Trinajstić information content (AvgIpc) is 3.20. The number of amides is 1. The van der Waals surface area contributed by atoms with Gasteiger partial charge in [0.2, 0.25) is 5.91 Å². The minimum atomic E-state index is 0.351. The van der Waals surface area contributed by atoms with Crippen LogP contribution in [0.3, 0.4) is 0 Å². The molecule has 25 heavy (non-hydrogen) atoms. The van der Waals surface area contributed by atoms with E-state index in [1.54, 1.807) is 0 Å². The van der Waals surface area contributed by atoms with Gasteiger partial charge in [0.25, 0.3) is 0 Å². The summed E-state index contributed by atoms with van der Waals surface area (Å²) < 4.78 is 2.31. The summed E-state index contributed by atoms with van der Waals surface area (Å²) in [6.45, 7) is 4.72. The molecule has 138 valence electrons. The van der Waals surface area contributed by atoms with Crippen LogP contribution < -0.4 is 0 Å². The summed E-state index contributed by atoms with van der Waals surface area (Å²) in [5.41, 5.74) is 0. The van der Waals surface area contributed by atoms with Gasteiger partial charge in [-0.3, -0.25) is 4.79 Å². The van der Waals surface area contributed by atoms with Crippen molar-refractivity contribution in [2.24, 2.45) is 5.92 Å². The van der Waals surface area contributed by atoms with Crippen molar-refractivity contribution in [2.75, 3.05) is 33.2 Å². The Morgan fingerprint density at radius 2 is 1.88 bits per heavy atom. The summed E-state index contributed by atoms with van der Waals surface area (Å²) in [4.78, 5) is 17.1. The number of likely N-dealkylation sites (N-methyl/N-ethyl adjacent to an activating group) is 1. The second-order valence-electron chi connectivity index (χ2n) is 8.21. The second kappa shape index (κ2) is 7.44. The highest BCUT2D eigenvalue weighted by Crippen LogP contribution is 2.29. The minimum Gasteiger partial charge on any atom is -0.340 e. The van der Waals surface area contributed by atoms with Gasteiger partial charge in [0, 0.05) is 44.9 Å². The molecule has 1 saturated heterocycles. The average molecular weight is 345 g/mol. The molecule has 1 aromatic rings. The summed E-state index contributed by atoms with van der Waals surface area (Å²) in [5.74, 6) is 3.68. The number of hydrogen-bond donors (Lipinski definition) is 0. The van der Waals surface area contributed by atoms with E-state index in [0.29, 0.717) is 17.7 Å². The fraction of sp³-hybridized carbons (Fsp3) is 0.842. The number of carbonyl (C=O) groups excluding carboxylic acids is 1. The normalized spacial score (nSPS) is 25.8. The molecule has 0 spiro atoms. The third-order valence-corrected chi connectivity index (χ3v) is 6.34. The van der Waals surface area contributed by atoms with Gasteiger partial charge in [-0.1, -0.05) is 12.8 Å². The quantitative estimate of drug-likeness (QED) is 0.841. The van der Waals surface area contributed by atoms with Gasteiger partial charge in [-0.25, -0.2) is 0 Å². The van der Waals surface area contributed by atoms with E-state index in [9.17, 15) is 4.79 Å². The van der Waals surface area contributed by atoms with Crippen LogP contribution in [0.4, 0.5) is 0 Å². The Morgan fingerprint density at radius 3 is 2.68 bits per heavy atom. The van der Waals surface area contributed by atoms with Crippen LogP contribution in [0.2, 0.25) is 0 Å². The van der Waals surface area contributed by atoms with Crippen LogP contribution >= 0.6 is 0 Å². The first-order chi connectivity index (χ1) is 12.2. The first-order valence-corrected chi connectivity index (χ1v) is 10.1. The number of aromatic nitrogens is 3. The maximum atomic E-state index is 12.7. The molecule has 4 rings (SSSR count). The Hall–Kier alpha value is -1.43. The first kappa shape index (κ1) is 17.0. The molecule has 0 aromatic carbocycles. The summed E-state index contributed by atoms with van der Waals surface area (Å²) in [6, 6.07) is 0. The maximum Gasteiger partial charge on any atom is 0.222 e. The molecule has 2 aliphatic heterocycles. The SMILES string of the molecule is CN1CCC[C@@H](c2nnc3n2CCN(C(=O)CC2CCCC2)CC3)C1. The van der Waals surface area contributed by atoms with Crippen LogP contribution in [0.25, 0.3) is 0 Å². The molecule has 0 unspecified atom stereocenters. The van der Waals surface area contributed by atoms with Crippen molar-refractivity contribution in [2.45, 2.75) is 63.8 Å². The highest BCUT2D eigenvalue weighted by molar-refractivity contribution is 5.76. The lowest BCUT2D eigenvalue weighted by Crippen LogP contribution is -2.35. The zero-order valence-electron chi connectivity index (χ0n) is 15.5. The Labute approximate surface area is 150 Å². The van der Waals surface area contributed by atoms with Crippen molar-refractivity contribution in [3.05, 3.63) is 11.6 Å². The monoisotopic (exact) mass is 345 g/mol. The van der Waals surface area contributed by atoms with Crippen molar-refractivity contribution in [1.82, 2.24) is 24.6 Å². The number of hydrogen-bond acceptors (Lipinski definition) is 4. The zero-order valence-corrected chi connectivity index (χ0v) is 15.5. The Bertz CT molecular complexity index is 607. The minimum absolute atomic E-state index is 0.351. The molecule has 1 aliphatic carbocycles. The van der Waals surface area contributed by atoms with Crippen LogP contribution in [0, 0.1) is 5.92 Å². The molecule has 1 amide bonds. The fourth-order valence-corrected chi connectivity index (χ4v) is 4.86. The van der Waals surface area contributed by atoms with Crippen LogP contribution in [0.1, 0.15) is 62.5 Å². The van der Waals surface area contributed by atoms with E-state index >= 15 is 0 Å². The predicted molar refractivity (Wildman–Crippen MR) is 96.4 cm³/mol. The van der Waals surface area contributed by atoms with Gasteiger partial charge in [0.15, 0.2) is 0 Å². The van der Waals surface area contributed by atoms with Crippen molar-refractivity contribution in [1.29, 1.82) is 0 Å². The van der Waals surface area contributed by atoms with Crippen molar-refractivity contribution >= 4 is 5.91 Å². The summed E-state index contributed by atoms with van der Waals surface area (Å²) in [5, 5.41) is 9.00. The molecule has 6 nitrogen and oxygen atoms in total. The smallest absolute Gasteiger partial charge is 0.222 e. The summed E-state index contributed by atoms with van der Waals surface area (Å²) in [7, 11) is 2.19. The van der Waals surface area contributed by atoms with Crippen molar-refractivity contribution in [3.63, 3.8) is 0 Å². The van der Waals surface area contributed by atoms with E-state index < -0.39 is 0 Å². The van der Waals surface area contributed by atoms with Gasteiger partial charge in [-0.15, -0.1) is 10.2 Å². The van der Waals surface area contributed by atoms with Crippen LogP contribution in [-0.4, -0.2) is 63.7 Å². The molecule has 3 aliphatic rings. The molecule has 0 N–H and O–H groups in total. The summed E-state index contributed by atoms with van der Waals surface area (Å²) >= 11 is 0. The van der Waals surface area contributed by atoms with Crippen LogP contribution in [0.15, 0.2) is 0 Å². The van der Waals surface area contributed by atoms with Gasteiger partial charge < -0.3 is 14.4 Å². The molecular weight excluding hydrogens is 314 g/mol. The van der Waals surface area contributed by atoms with Crippen molar-refractivity contribution < 1.29 is 4.79 Å². The number of likely N-dealkylation sites (tertiary alicyclic amines) is 1. The number of fused-ring (bicyclic) bond motifs is 1. The van der Waals surface area contributed by atoms with E-state index in [2.05, 4.69) is 31.6 Å². The number of piperidine rings is 1. The zero-order chi connectivity index (χ0) is 17.2. The van der Waals surface area contributed by atoms with E-state index in [1.165, 1.54) is 45.1 Å². The van der Waals surface area contributed by atoms with Gasteiger partial charge in [-0.05, 0) is 45.2 Å². The van der Waals surface area contributed by atoms with E-state index in [4.69, 9.17) is 0 Å². The van der Waals surface area contributed by atoms with E-state index in [-0.39, 0.29) is 0 Å². The van der Waals surface area contributed by atoms with Crippen LogP contribution in [0.5, 0.6) is 0 Å². The second-order valence-corrected chi connectivity index (χ2v) is 8.21. The van der Waals surface area contributed by atoms with E-state index in [1.807, 2.05) is 0 Å². The third-order valence-electron chi connectivity index (χ3n) is 6.34. The molecular formula is C19H31N5O. The first-order valence-electron chi connectivity index (χ1n) is 10.1. The largest absolute Gasteiger partial charge is 0.340 e. The molecule has 1 saturated carbocycles. The highest BCUT2D eigenvalue weighted by Gasteiger charge is 2.28. The Kier molecular flexibility index (Phi) is 5.06. The molecule has 6 heteroatoms. The maximum absolute atomic E-state index is 12.7. The standard InChI is InChI=1S/C19H31N5O/c1-22-9-4-7-16(14-22)19-21-20-17-8-10-23(11-12-24(17)19)18(25)13-15-5-2-3-6-15/h15-16H,2-14H2,1H3/t16-/m1/s1. The molecule has 0 radical (unpaired) electrons. The Morgan fingerprint density at radius 1 is 1.04 bits per heavy atom. The van der Waals surface area contributed by atoms with Crippen LogP contribution in [-0.2, 0) is 17.8 Å². The molecule has 1 aromatic heterocycles. The lowest BCUT2D eigenvalue weighted by Gasteiger charge is -2.29. The number of rotatable bonds is 3. The van der Waals surface area contributed by atoms with Crippen molar-refractivity contribution in [3.8, 4) is 0 Å². The topological polar surface area (TPSA) is 54.3 Å². The lowest BCUT2D eigenvalue weighted by molar-refractivity contribution is -0.132. The predicted octanol–water partition coefficient (Wildman–Crippen LogP) is 2.05. The molecule has 1 atom stereocenters. The highest BCUT2D eigenvalue weighted by atomic mass is 16.2. The number of carbonyl (C=O) groups is 1. The molecule has 2 fully saturated rings. The van der Waals surface area contributed by atoms with E-state index in [0.717, 1.165) is 50.7 Å². The van der Waals surface area contributed by atoms with Gasteiger partial charge in [-0.2, -0.15) is 0 Å². The van der Waals surface area contributed by atoms with Gasteiger partial charge in [0.05, 0.1) is 0 Å². The fourth-order valence-electron chi connectivity index (χ4n) is 4.86.